The minimum absolute atomic E-state index is 0.111. The summed E-state index contributed by atoms with van der Waals surface area (Å²) in [6, 6.07) is 9.73. The van der Waals surface area contributed by atoms with Gasteiger partial charge in [0.05, 0.1) is 12.7 Å². The van der Waals surface area contributed by atoms with Crippen molar-refractivity contribution < 1.29 is 14.3 Å². The van der Waals surface area contributed by atoms with Crippen LogP contribution in [-0.4, -0.2) is 31.7 Å². The zero-order valence-corrected chi connectivity index (χ0v) is 9.22. The molecule has 0 radical (unpaired) electrons. The highest BCUT2D eigenvalue weighted by atomic mass is 16.5. The Hall–Kier alpha value is -1.19. The van der Waals surface area contributed by atoms with Crippen molar-refractivity contribution in [3.8, 4) is 0 Å². The van der Waals surface area contributed by atoms with Crippen LogP contribution in [0.2, 0.25) is 0 Å². The number of benzene rings is 1. The minimum Gasteiger partial charge on any atom is -0.379 e. The van der Waals surface area contributed by atoms with Gasteiger partial charge in [0.2, 0.25) is 0 Å². The van der Waals surface area contributed by atoms with E-state index in [9.17, 15) is 4.79 Å². The normalized spacial score (nSPS) is 19.9. The first-order valence-corrected chi connectivity index (χ1v) is 5.59. The van der Waals surface area contributed by atoms with Crippen LogP contribution in [0.5, 0.6) is 0 Å². The van der Waals surface area contributed by atoms with Gasteiger partial charge >= 0.3 is 0 Å². The number of ketones is 1. The van der Waals surface area contributed by atoms with Crippen LogP contribution in [0.3, 0.4) is 0 Å². The van der Waals surface area contributed by atoms with Crippen molar-refractivity contribution in [2.24, 2.45) is 0 Å². The molecule has 1 atom stereocenters. The Kier molecular flexibility index (Phi) is 4.08. The van der Waals surface area contributed by atoms with Gasteiger partial charge in [-0.05, 0) is 12.0 Å². The standard InChI is InChI=1S/C13H16O3/c14-12(8-11-4-2-1-3-5-11)9-16-13-6-7-15-10-13/h1-5,13H,6-10H2. The summed E-state index contributed by atoms with van der Waals surface area (Å²) in [6.07, 6.45) is 1.47. The van der Waals surface area contributed by atoms with Gasteiger partial charge in [-0.3, -0.25) is 4.79 Å². The van der Waals surface area contributed by atoms with E-state index in [1.807, 2.05) is 30.3 Å². The highest BCUT2D eigenvalue weighted by Crippen LogP contribution is 2.08. The van der Waals surface area contributed by atoms with Crippen LogP contribution in [0.4, 0.5) is 0 Å². The average molecular weight is 220 g/mol. The molecule has 3 nitrogen and oxygen atoms in total. The number of hydrogen-bond acceptors (Lipinski definition) is 3. The van der Waals surface area contributed by atoms with Gasteiger partial charge in [-0.1, -0.05) is 30.3 Å². The van der Waals surface area contributed by atoms with Crippen molar-refractivity contribution in [3.63, 3.8) is 0 Å². The molecular formula is C13H16O3. The fourth-order valence-corrected chi connectivity index (χ4v) is 1.73. The molecule has 1 unspecified atom stereocenters. The van der Waals surface area contributed by atoms with Crippen molar-refractivity contribution in [1.82, 2.24) is 0 Å². The first-order valence-electron chi connectivity index (χ1n) is 5.59. The smallest absolute Gasteiger partial charge is 0.162 e. The maximum Gasteiger partial charge on any atom is 0.162 e. The quantitative estimate of drug-likeness (QED) is 0.756. The molecule has 0 N–H and O–H groups in total. The predicted molar refractivity (Wildman–Crippen MR) is 60.3 cm³/mol. The van der Waals surface area contributed by atoms with Gasteiger partial charge in [-0.2, -0.15) is 0 Å². The van der Waals surface area contributed by atoms with Crippen molar-refractivity contribution in [2.75, 3.05) is 19.8 Å². The van der Waals surface area contributed by atoms with Gasteiger partial charge in [0, 0.05) is 13.0 Å². The minimum atomic E-state index is 0.111. The zero-order valence-electron chi connectivity index (χ0n) is 9.22. The molecule has 1 aliphatic heterocycles. The zero-order chi connectivity index (χ0) is 11.2. The lowest BCUT2D eigenvalue weighted by Gasteiger charge is -2.08. The summed E-state index contributed by atoms with van der Waals surface area (Å²) >= 11 is 0. The highest BCUT2D eigenvalue weighted by Gasteiger charge is 2.17. The Balaban J connectivity index is 1.72. The Labute approximate surface area is 95.4 Å². The van der Waals surface area contributed by atoms with Crippen LogP contribution in [-0.2, 0) is 20.7 Å². The Bertz CT molecular complexity index is 328. The van der Waals surface area contributed by atoms with Gasteiger partial charge in [0.1, 0.15) is 6.61 Å². The largest absolute Gasteiger partial charge is 0.379 e. The van der Waals surface area contributed by atoms with E-state index < -0.39 is 0 Å². The number of carbonyl (C=O) groups is 1. The fourth-order valence-electron chi connectivity index (χ4n) is 1.73. The summed E-state index contributed by atoms with van der Waals surface area (Å²) in [5, 5.41) is 0. The van der Waals surface area contributed by atoms with Crippen LogP contribution in [0.25, 0.3) is 0 Å². The molecule has 0 aromatic heterocycles. The summed E-state index contributed by atoms with van der Waals surface area (Å²) in [6.45, 7) is 1.57. The summed E-state index contributed by atoms with van der Waals surface area (Å²) in [4.78, 5) is 11.6. The van der Waals surface area contributed by atoms with Gasteiger partial charge < -0.3 is 9.47 Å². The lowest BCUT2D eigenvalue weighted by atomic mass is 10.1. The molecule has 2 rings (SSSR count). The Morgan fingerprint density at radius 1 is 1.38 bits per heavy atom. The number of Topliss-reactive ketones (excluding diaryl/α,β-unsaturated/α-hetero) is 1. The summed E-state index contributed by atoms with van der Waals surface area (Å²) in [7, 11) is 0. The topological polar surface area (TPSA) is 35.5 Å². The SMILES string of the molecule is O=C(COC1CCOC1)Cc1ccccc1. The number of carbonyl (C=O) groups excluding carboxylic acids is 1. The molecule has 0 spiro atoms. The van der Waals surface area contributed by atoms with E-state index in [2.05, 4.69) is 0 Å². The first kappa shape index (κ1) is 11.3. The third-order valence-electron chi connectivity index (χ3n) is 2.61. The lowest BCUT2D eigenvalue weighted by Crippen LogP contribution is -2.19. The highest BCUT2D eigenvalue weighted by molar-refractivity contribution is 5.82. The third kappa shape index (κ3) is 3.43. The van der Waals surface area contributed by atoms with E-state index in [4.69, 9.17) is 9.47 Å². The van der Waals surface area contributed by atoms with E-state index >= 15 is 0 Å². The van der Waals surface area contributed by atoms with Crippen LogP contribution in [0.15, 0.2) is 30.3 Å². The summed E-state index contributed by atoms with van der Waals surface area (Å²) < 4.78 is 10.6. The molecule has 3 heteroatoms. The fraction of sp³-hybridized carbons (Fsp3) is 0.462. The van der Waals surface area contributed by atoms with E-state index in [0.717, 1.165) is 18.6 Å². The van der Waals surface area contributed by atoms with E-state index in [-0.39, 0.29) is 18.5 Å². The van der Waals surface area contributed by atoms with Crippen molar-refractivity contribution in [1.29, 1.82) is 0 Å². The second-order valence-electron chi connectivity index (χ2n) is 4.00. The van der Waals surface area contributed by atoms with Gasteiger partial charge in [-0.25, -0.2) is 0 Å². The number of hydrogen-bond donors (Lipinski definition) is 0. The molecule has 1 aromatic carbocycles. The van der Waals surface area contributed by atoms with Crippen LogP contribution in [0, 0.1) is 0 Å². The van der Waals surface area contributed by atoms with Crippen molar-refractivity contribution in [3.05, 3.63) is 35.9 Å². The van der Waals surface area contributed by atoms with E-state index in [0.29, 0.717) is 13.0 Å². The first-order chi connectivity index (χ1) is 7.84. The lowest BCUT2D eigenvalue weighted by molar-refractivity contribution is -0.124. The van der Waals surface area contributed by atoms with Crippen LogP contribution < -0.4 is 0 Å². The number of rotatable bonds is 5. The average Bonchev–Trinajstić information content (AvgIpc) is 2.81. The molecule has 86 valence electrons. The van der Waals surface area contributed by atoms with Crippen molar-refractivity contribution in [2.45, 2.75) is 18.9 Å². The molecule has 1 fully saturated rings. The molecule has 16 heavy (non-hydrogen) atoms. The molecule has 0 saturated carbocycles. The summed E-state index contributed by atoms with van der Waals surface area (Å²) in [5.74, 6) is 0.123. The van der Waals surface area contributed by atoms with E-state index in [1.54, 1.807) is 0 Å². The second-order valence-corrected chi connectivity index (χ2v) is 4.00. The van der Waals surface area contributed by atoms with Crippen LogP contribution in [0.1, 0.15) is 12.0 Å². The van der Waals surface area contributed by atoms with Gasteiger partial charge in [0.15, 0.2) is 5.78 Å². The van der Waals surface area contributed by atoms with Crippen molar-refractivity contribution >= 4 is 5.78 Å². The Morgan fingerprint density at radius 3 is 2.88 bits per heavy atom. The molecule has 1 aromatic rings. The maximum atomic E-state index is 11.6. The predicted octanol–water partition coefficient (Wildman–Crippen LogP) is 1.60. The second kappa shape index (κ2) is 5.77. The monoisotopic (exact) mass is 220 g/mol. The maximum absolute atomic E-state index is 11.6. The molecular weight excluding hydrogens is 204 g/mol. The van der Waals surface area contributed by atoms with Crippen LogP contribution >= 0.6 is 0 Å². The van der Waals surface area contributed by atoms with Gasteiger partial charge in [-0.15, -0.1) is 0 Å². The summed E-state index contributed by atoms with van der Waals surface area (Å²) in [5.41, 5.74) is 1.04. The molecule has 1 heterocycles. The van der Waals surface area contributed by atoms with Gasteiger partial charge in [0.25, 0.3) is 0 Å². The molecule has 1 saturated heterocycles. The third-order valence-corrected chi connectivity index (χ3v) is 2.61. The van der Waals surface area contributed by atoms with E-state index in [1.165, 1.54) is 0 Å². The Morgan fingerprint density at radius 2 is 2.19 bits per heavy atom. The molecule has 0 amide bonds. The number of ether oxygens (including phenoxy) is 2. The molecule has 0 bridgehead atoms. The molecule has 0 aliphatic carbocycles. The molecule has 1 aliphatic rings.